The summed E-state index contributed by atoms with van der Waals surface area (Å²) in [6, 6.07) is 0. The highest BCUT2D eigenvalue weighted by molar-refractivity contribution is 5.96. The van der Waals surface area contributed by atoms with Crippen LogP contribution < -0.4 is 10.6 Å². The highest BCUT2D eigenvalue weighted by Gasteiger charge is 2.07. The summed E-state index contributed by atoms with van der Waals surface area (Å²) in [7, 11) is 3.98. The second-order valence-electron chi connectivity index (χ2n) is 4.74. The topological polar surface area (TPSA) is 61.4 Å². The number of amides is 2. The number of hydrogen-bond donors (Lipinski definition) is 2. The van der Waals surface area contributed by atoms with Crippen molar-refractivity contribution in [3.63, 3.8) is 0 Å². The van der Waals surface area contributed by atoms with Crippen LogP contribution in [-0.2, 0) is 9.59 Å². The zero-order valence-corrected chi connectivity index (χ0v) is 11.9. The molecule has 0 unspecified atom stereocenters. The number of rotatable bonds is 10. The normalized spacial score (nSPS) is 10.4. The molecule has 0 aromatic heterocycles. The van der Waals surface area contributed by atoms with Gasteiger partial charge < -0.3 is 15.5 Å². The Morgan fingerprint density at radius 2 is 1.50 bits per heavy atom. The van der Waals surface area contributed by atoms with Crippen molar-refractivity contribution in [2.24, 2.45) is 0 Å². The number of carbonyl (C=O) groups excluding carboxylic acids is 2. The van der Waals surface area contributed by atoms with Gasteiger partial charge in [-0.25, -0.2) is 0 Å². The van der Waals surface area contributed by atoms with Crippen LogP contribution in [0, 0.1) is 0 Å². The fourth-order valence-electron chi connectivity index (χ4n) is 1.50. The number of nitrogens with one attached hydrogen (secondary N) is 2. The van der Waals surface area contributed by atoms with E-state index in [-0.39, 0.29) is 18.2 Å². The molecule has 0 aromatic rings. The van der Waals surface area contributed by atoms with Gasteiger partial charge in [0.2, 0.25) is 11.8 Å². The Morgan fingerprint density at radius 3 is 2.00 bits per heavy atom. The Balaban J connectivity index is 3.46. The van der Waals surface area contributed by atoms with Gasteiger partial charge in [-0.2, -0.15) is 0 Å². The van der Waals surface area contributed by atoms with E-state index in [9.17, 15) is 9.59 Å². The van der Waals surface area contributed by atoms with Gasteiger partial charge in [-0.05, 0) is 33.5 Å². The Hall–Kier alpha value is -1.10. The molecule has 0 saturated heterocycles. The number of carbonyl (C=O) groups is 2. The second-order valence-corrected chi connectivity index (χ2v) is 4.74. The zero-order valence-electron chi connectivity index (χ0n) is 11.9. The minimum atomic E-state index is -0.193. The van der Waals surface area contributed by atoms with Gasteiger partial charge in [-0.3, -0.25) is 9.59 Å². The molecule has 0 rings (SSSR count). The number of unbranched alkanes of at least 4 members (excludes halogenated alkanes) is 2. The molecule has 5 heteroatoms. The molecule has 0 radical (unpaired) electrons. The van der Waals surface area contributed by atoms with E-state index < -0.39 is 0 Å². The zero-order chi connectivity index (χ0) is 13.8. The maximum atomic E-state index is 11.4. The molecule has 0 aliphatic carbocycles. The van der Waals surface area contributed by atoms with Crippen molar-refractivity contribution >= 4 is 11.8 Å². The molecule has 106 valence electrons. The van der Waals surface area contributed by atoms with E-state index in [4.69, 9.17) is 0 Å². The lowest BCUT2D eigenvalue weighted by Crippen LogP contribution is -2.33. The quantitative estimate of drug-likeness (QED) is 0.448. The molecule has 2 N–H and O–H groups in total. The first-order chi connectivity index (χ1) is 8.56. The van der Waals surface area contributed by atoms with E-state index in [1.165, 1.54) is 0 Å². The molecule has 0 fully saturated rings. The van der Waals surface area contributed by atoms with E-state index in [1.54, 1.807) is 0 Å². The van der Waals surface area contributed by atoms with Crippen LogP contribution in [0.25, 0.3) is 0 Å². The van der Waals surface area contributed by atoms with E-state index >= 15 is 0 Å². The predicted octanol–water partition coefficient (Wildman–Crippen LogP) is 0.751. The molecule has 0 heterocycles. The third-order valence-corrected chi connectivity index (χ3v) is 2.53. The fraction of sp³-hybridized carbons (Fsp3) is 0.846. The summed E-state index contributed by atoms with van der Waals surface area (Å²) in [4.78, 5) is 24.8. The summed E-state index contributed by atoms with van der Waals surface area (Å²) in [6.07, 6.45) is 4.05. The van der Waals surface area contributed by atoms with E-state index in [0.29, 0.717) is 13.1 Å². The molecular weight excluding hydrogens is 230 g/mol. The van der Waals surface area contributed by atoms with Crippen molar-refractivity contribution < 1.29 is 9.59 Å². The molecule has 0 bridgehead atoms. The van der Waals surface area contributed by atoms with Gasteiger partial charge in [0.15, 0.2) is 0 Å². The van der Waals surface area contributed by atoms with E-state index in [1.807, 2.05) is 14.1 Å². The molecule has 18 heavy (non-hydrogen) atoms. The molecule has 0 aliphatic rings. The van der Waals surface area contributed by atoms with Gasteiger partial charge >= 0.3 is 0 Å². The molecule has 5 nitrogen and oxygen atoms in total. The van der Waals surface area contributed by atoms with Crippen LogP contribution in [0.15, 0.2) is 0 Å². The Kier molecular flexibility index (Phi) is 10.3. The predicted molar refractivity (Wildman–Crippen MR) is 73.3 cm³/mol. The van der Waals surface area contributed by atoms with Gasteiger partial charge in [-0.15, -0.1) is 0 Å². The maximum absolute atomic E-state index is 11.4. The third kappa shape index (κ3) is 11.4. The monoisotopic (exact) mass is 257 g/mol. The summed E-state index contributed by atoms with van der Waals surface area (Å²) in [5.41, 5.74) is 0. The average molecular weight is 257 g/mol. The van der Waals surface area contributed by atoms with Crippen molar-refractivity contribution in [2.75, 3.05) is 33.7 Å². The first kappa shape index (κ1) is 16.9. The summed E-state index contributed by atoms with van der Waals surface area (Å²) in [5.74, 6) is -0.377. The van der Waals surface area contributed by atoms with Gasteiger partial charge in [-0.1, -0.05) is 19.8 Å². The number of nitrogens with zero attached hydrogens (tertiary/aromatic N) is 1. The summed E-state index contributed by atoms with van der Waals surface area (Å²) < 4.78 is 0. The van der Waals surface area contributed by atoms with Gasteiger partial charge in [0.05, 0.1) is 0 Å². The molecule has 0 saturated carbocycles. The highest BCUT2D eigenvalue weighted by atomic mass is 16.2. The average Bonchev–Trinajstić information content (AvgIpc) is 2.30. The molecule has 0 spiro atoms. The van der Waals surface area contributed by atoms with Crippen molar-refractivity contribution in [2.45, 2.75) is 39.0 Å². The van der Waals surface area contributed by atoms with Gasteiger partial charge in [0.1, 0.15) is 6.42 Å². The van der Waals surface area contributed by atoms with Crippen molar-refractivity contribution in [1.82, 2.24) is 15.5 Å². The first-order valence-electron chi connectivity index (χ1n) is 6.74. The van der Waals surface area contributed by atoms with E-state index in [2.05, 4.69) is 22.5 Å². The Labute approximate surface area is 110 Å². The third-order valence-electron chi connectivity index (χ3n) is 2.53. The van der Waals surface area contributed by atoms with Crippen LogP contribution in [-0.4, -0.2) is 50.4 Å². The fourth-order valence-corrected chi connectivity index (χ4v) is 1.50. The minimum absolute atomic E-state index is 0.0614. The van der Waals surface area contributed by atoms with Crippen LogP contribution in [0.2, 0.25) is 0 Å². The van der Waals surface area contributed by atoms with Crippen molar-refractivity contribution in [1.29, 1.82) is 0 Å². The summed E-state index contributed by atoms with van der Waals surface area (Å²) in [6.45, 7) is 4.34. The largest absolute Gasteiger partial charge is 0.356 e. The highest BCUT2D eigenvalue weighted by Crippen LogP contribution is 1.91. The van der Waals surface area contributed by atoms with Gasteiger partial charge in [0, 0.05) is 13.1 Å². The van der Waals surface area contributed by atoms with Crippen molar-refractivity contribution in [3.05, 3.63) is 0 Å². The molecule has 0 aromatic carbocycles. The molecular formula is C13H27N3O2. The van der Waals surface area contributed by atoms with E-state index in [0.717, 1.165) is 32.2 Å². The number of hydrogen-bond acceptors (Lipinski definition) is 3. The second kappa shape index (κ2) is 11.0. The van der Waals surface area contributed by atoms with Crippen LogP contribution in [0.3, 0.4) is 0 Å². The lowest BCUT2D eigenvalue weighted by molar-refractivity contribution is -0.129. The van der Waals surface area contributed by atoms with Crippen LogP contribution >= 0.6 is 0 Å². The van der Waals surface area contributed by atoms with Crippen LogP contribution in [0.5, 0.6) is 0 Å². The SMILES string of the molecule is CCCCCNC(=O)CC(=O)NCCCN(C)C. The molecule has 2 amide bonds. The molecule has 0 atom stereocenters. The lowest BCUT2D eigenvalue weighted by atomic mass is 10.2. The molecule has 0 aliphatic heterocycles. The Morgan fingerprint density at radius 1 is 0.944 bits per heavy atom. The summed E-state index contributed by atoms with van der Waals surface area (Å²) in [5, 5.41) is 5.49. The Bertz CT molecular complexity index is 242. The maximum Gasteiger partial charge on any atom is 0.229 e. The smallest absolute Gasteiger partial charge is 0.229 e. The standard InChI is InChI=1S/C13H27N3O2/c1-4-5-6-8-14-12(17)11-13(18)15-9-7-10-16(2)3/h4-11H2,1-3H3,(H,14,17)(H,15,18). The lowest BCUT2D eigenvalue weighted by Gasteiger charge is -2.10. The van der Waals surface area contributed by atoms with Crippen molar-refractivity contribution in [3.8, 4) is 0 Å². The first-order valence-corrected chi connectivity index (χ1v) is 6.74. The minimum Gasteiger partial charge on any atom is -0.356 e. The van der Waals surface area contributed by atoms with Gasteiger partial charge in [0.25, 0.3) is 0 Å². The summed E-state index contributed by atoms with van der Waals surface area (Å²) >= 11 is 0. The van der Waals surface area contributed by atoms with Crippen LogP contribution in [0.1, 0.15) is 39.0 Å². The van der Waals surface area contributed by atoms with Crippen LogP contribution in [0.4, 0.5) is 0 Å².